The van der Waals surface area contributed by atoms with Crippen molar-refractivity contribution >= 4 is 0 Å². The maximum Gasteiger partial charge on any atom is 0.119 e. The molecule has 1 N–H and O–H groups in total. The smallest absolute Gasteiger partial charge is 0.119 e. The molecule has 104 valence electrons. The second kappa shape index (κ2) is 5.93. The summed E-state index contributed by atoms with van der Waals surface area (Å²) in [5.74, 6) is 1.86. The van der Waals surface area contributed by atoms with Gasteiger partial charge in [0.2, 0.25) is 0 Å². The van der Waals surface area contributed by atoms with Gasteiger partial charge in [0.25, 0.3) is 0 Å². The Hall–Kier alpha value is -1.06. The van der Waals surface area contributed by atoms with Crippen molar-refractivity contribution in [1.82, 2.24) is 10.2 Å². The number of fused-ring (bicyclic) bond motifs is 1. The summed E-state index contributed by atoms with van der Waals surface area (Å²) in [6.07, 6.45) is 2.74. The maximum atomic E-state index is 5.81. The van der Waals surface area contributed by atoms with Crippen LogP contribution >= 0.6 is 0 Å². The molecule has 0 unspecified atom stereocenters. The molecule has 0 spiro atoms. The Morgan fingerprint density at radius 2 is 2.11 bits per heavy atom. The molecule has 3 rings (SSSR count). The van der Waals surface area contributed by atoms with Crippen LogP contribution in [-0.2, 0) is 0 Å². The normalized spacial score (nSPS) is 27.2. The van der Waals surface area contributed by atoms with Crippen LogP contribution in [0, 0.1) is 12.8 Å². The minimum atomic E-state index is 0.730. The van der Waals surface area contributed by atoms with E-state index in [1.807, 2.05) is 0 Å². The topological polar surface area (TPSA) is 24.5 Å². The van der Waals surface area contributed by atoms with Crippen LogP contribution in [0.1, 0.15) is 18.4 Å². The first-order valence-corrected chi connectivity index (χ1v) is 7.46. The van der Waals surface area contributed by atoms with E-state index in [1.165, 1.54) is 38.0 Å². The SMILES string of the molecule is Cc1ccc(OCCN2C[C@@H]3CCCN[C@@H]3C2)cc1. The molecule has 1 aromatic carbocycles. The van der Waals surface area contributed by atoms with Crippen LogP contribution in [0.4, 0.5) is 0 Å². The lowest BCUT2D eigenvalue weighted by atomic mass is 9.94. The monoisotopic (exact) mass is 260 g/mol. The number of benzene rings is 1. The highest BCUT2D eigenvalue weighted by Gasteiger charge is 2.33. The fraction of sp³-hybridized carbons (Fsp3) is 0.625. The van der Waals surface area contributed by atoms with Gasteiger partial charge in [-0.1, -0.05) is 17.7 Å². The van der Waals surface area contributed by atoms with Gasteiger partial charge in [-0.25, -0.2) is 0 Å². The number of ether oxygens (including phenoxy) is 1. The molecule has 19 heavy (non-hydrogen) atoms. The predicted octanol–water partition coefficient (Wildman–Crippen LogP) is 2.06. The third-order valence-electron chi connectivity index (χ3n) is 4.37. The molecular formula is C16H24N2O. The number of piperidine rings is 1. The van der Waals surface area contributed by atoms with Gasteiger partial charge in [0, 0.05) is 25.7 Å². The minimum Gasteiger partial charge on any atom is -0.492 e. The van der Waals surface area contributed by atoms with Crippen molar-refractivity contribution in [2.45, 2.75) is 25.8 Å². The van der Waals surface area contributed by atoms with Gasteiger partial charge in [0.05, 0.1) is 0 Å². The van der Waals surface area contributed by atoms with Gasteiger partial charge in [-0.2, -0.15) is 0 Å². The third kappa shape index (κ3) is 3.28. The number of hydrogen-bond acceptors (Lipinski definition) is 3. The van der Waals surface area contributed by atoms with Crippen molar-refractivity contribution in [3.63, 3.8) is 0 Å². The number of aryl methyl sites for hydroxylation is 1. The Morgan fingerprint density at radius 1 is 1.26 bits per heavy atom. The second-order valence-electron chi connectivity index (χ2n) is 5.88. The number of nitrogens with zero attached hydrogens (tertiary/aromatic N) is 1. The zero-order valence-electron chi connectivity index (χ0n) is 11.8. The molecule has 0 aliphatic carbocycles. The van der Waals surface area contributed by atoms with Gasteiger partial charge in [0.1, 0.15) is 12.4 Å². The number of nitrogens with one attached hydrogen (secondary N) is 1. The van der Waals surface area contributed by atoms with Gasteiger partial charge < -0.3 is 10.1 Å². The largest absolute Gasteiger partial charge is 0.492 e. The van der Waals surface area contributed by atoms with Crippen LogP contribution in [-0.4, -0.2) is 43.7 Å². The molecule has 2 atom stereocenters. The molecule has 0 radical (unpaired) electrons. The molecule has 3 heteroatoms. The fourth-order valence-corrected chi connectivity index (χ4v) is 3.25. The van der Waals surface area contributed by atoms with E-state index in [4.69, 9.17) is 4.74 Å². The number of hydrogen-bond donors (Lipinski definition) is 1. The summed E-state index contributed by atoms with van der Waals surface area (Å²) in [4.78, 5) is 2.54. The van der Waals surface area contributed by atoms with Crippen LogP contribution in [0.3, 0.4) is 0 Å². The van der Waals surface area contributed by atoms with Crippen molar-refractivity contribution in [1.29, 1.82) is 0 Å². The lowest BCUT2D eigenvalue weighted by Crippen LogP contribution is -2.40. The quantitative estimate of drug-likeness (QED) is 0.897. The molecule has 2 aliphatic rings. The fourth-order valence-electron chi connectivity index (χ4n) is 3.25. The summed E-state index contributed by atoms with van der Waals surface area (Å²) < 4.78 is 5.81. The van der Waals surface area contributed by atoms with Gasteiger partial charge in [0.15, 0.2) is 0 Å². The van der Waals surface area contributed by atoms with Gasteiger partial charge in [-0.05, 0) is 44.4 Å². The summed E-state index contributed by atoms with van der Waals surface area (Å²) in [5, 5.41) is 3.64. The molecule has 0 bridgehead atoms. The highest BCUT2D eigenvalue weighted by molar-refractivity contribution is 5.26. The molecule has 0 aromatic heterocycles. The van der Waals surface area contributed by atoms with Crippen LogP contribution in [0.2, 0.25) is 0 Å². The van der Waals surface area contributed by atoms with Crippen molar-refractivity contribution in [3.05, 3.63) is 29.8 Å². The molecular weight excluding hydrogens is 236 g/mol. The molecule has 3 nitrogen and oxygen atoms in total. The van der Waals surface area contributed by atoms with Crippen molar-refractivity contribution in [2.75, 3.05) is 32.8 Å². The van der Waals surface area contributed by atoms with Crippen LogP contribution < -0.4 is 10.1 Å². The first kappa shape index (κ1) is 12.9. The zero-order chi connectivity index (χ0) is 13.1. The Balaban J connectivity index is 1.42. The molecule has 2 saturated heterocycles. The van der Waals surface area contributed by atoms with Crippen molar-refractivity contribution < 1.29 is 4.74 Å². The standard InChI is InChI=1S/C16H24N2O/c1-13-4-6-15(7-5-13)19-10-9-18-11-14-3-2-8-17-16(14)12-18/h4-7,14,16-17H,2-3,8-12H2,1H3/t14-,16+/m0/s1. The lowest BCUT2D eigenvalue weighted by molar-refractivity contribution is 0.232. The third-order valence-corrected chi connectivity index (χ3v) is 4.37. The predicted molar refractivity (Wildman–Crippen MR) is 77.6 cm³/mol. The first-order chi connectivity index (χ1) is 9.31. The average Bonchev–Trinajstić information content (AvgIpc) is 2.83. The summed E-state index contributed by atoms with van der Waals surface area (Å²) >= 11 is 0. The molecule has 1 aromatic rings. The number of rotatable bonds is 4. The second-order valence-corrected chi connectivity index (χ2v) is 5.88. The van der Waals surface area contributed by atoms with E-state index < -0.39 is 0 Å². The summed E-state index contributed by atoms with van der Waals surface area (Å²) in [6, 6.07) is 9.04. The van der Waals surface area contributed by atoms with Crippen molar-refractivity contribution in [3.8, 4) is 5.75 Å². The summed E-state index contributed by atoms with van der Waals surface area (Å²) in [6.45, 7) is 7.58. The highest BCUT2D eigenvalue weighted by atomic mass is 16.5. The van der Waals surface area contributed by atoms with Crippen molar-refractivity contribution in [2.24, 2.45) is 5.92 Å². The van der Waals surface area contributed by atoms with E-state index in [-0.39, 0.29) is 0 Å². The van der Waals surface area contributed by atoms with Gasteiger partial charge >= 0.3 is 0 Å². The van der Waals surface area contributed by atoms with E-state index in [0.717, 1.165) is 30.9 Å². The highest BCUT2D eigenvalue weighted by Crippen LogP contribution is 2.24. The molecule has 0 saturated carbocycles. The van der Waals surface area contributed by atoms with E-state index >= 15 is 0 Å². The van der Waals surface area contributed by atoms with E-state index in [0.29, 0.717) is 0 Å². The summed E-state index contributed by atoms with van der Waals surface area (Å²) in [7, 11) is 0. The summed E-state index contributed by atoms with van der Waals surface area (Å²) in [5.41, 5.74) is 1.28. The van der Waals surface area contributed by atoms with Gasteiger partial charge in [-0.15, -0.1) is 0 Å². The van der Waals surface area contributed by atoms with E-state index in [1.54, 1.807) is 0 Å². The molecule has 2 aliphatic heterocycles. The average molecular weight is 260 g/mol. The Kier molecular flexibility index (Phi) is 4.04. The Labute approximate surface area is 115 Å². The number of likely N-dealkylation sites (tertiary alicyclic amines) is 1. The van der Waals surface area contributed by atoms with Crippen LogP contribution in [0.15, 0.2) is 24.3 Å². The Bertz CT molecular complexity index is 390. The first-order valence-electron chi connectivity index (χ1n) is 7.46. The maximum absolute atomic E-state index is 5.81. The van der Waals surface area contributed by atoms with E-state index in [9.17, 15) is 0 Å². The molecule has 2 heterocycles. The Morgan fingerprint density at radius 3 is 2.89 bits per heavy atom. The van der Waals surface area contributed by atoms with Crippen LogP contribution in [0.5, 0.6) is 5.75 Å². The van der Waals surface area contributed by atoms with Gasteiger partial charge in [-0.3, -0.25) is 4.90 Å². The lowest BCUT2D eigenvalue weighted by Gasteiger charge is -2.24. The van der Waals surface area contributed by atoms with E-state index in [2.05, 4.69) is 41.4 Å². The zero-order valence-corrected chi connectivity index (χ0v) is 11.8. The molecule has 2 fully saturated rings. The van der Waals surface area contributed by atoms with Crippen LogP contribution in [0.25, 0.3) is 0 Å². The minimum absolute atomic E-state index is 0.730. The molecule has 0 amide bonds.